The Morgan fingerprint density at radius 3 is 2.41 bits per heavy atom. The molecular weight excluding hydrogens is 443 g/mol. The lowest BCUT2D eigenvalue weighted by Crippen LogP contribution is -2.26. The van der Waals surface area contributed by atoms with E-state index >= 15 is 0 Å². The first-order valence-electron chi connectivity index (χ1n) is 8.05. The Kier molecular flexibility index (Phi) is 6.79. The molecule has 1 unspecified atom stereocenters. The highest BCUT2D eigenvalue weighted by molar-refractivity contribution is 6.35. The van der Waals surface area contributed by atoms with Crippen molar-refractivity contribution in [3.05, 3.63) is 39.3 Å². The van der Waals surface area contributed by atoms with Crippen molar-refractivity contribution in [3.63, 3.8) is 0 Å². The van der Waals surface area contributed by atoms with Crippen molar-refractivity contribution in [2.45, 2.75) is 26.1 Å². The summed E-state index contributed by atoms with van der Waals surface area (Å²) in [6, 6.07) is 1.56. The van der Waals surface area contributed by atoms with Crippen molar-refractivity contribution in [1.29, 1.82) is 0 Å². The third-order valence-corrected chi connectivity index (χ3v) is 4.36. The molecule has 158 valence electrons. The zero-order valence-corrected chi connectivity index (χ0v) is 16.7. The molecule has 0 spiro atoms. The van der Waals surface area contributed by atoms with Gasteiger partial charge in [-0.1, -0.05) is 23.2 Å². The van der Waals surface area contributed by atoms with Gasteiger partial charge in [0.1, 0.15) is 11.5 Å². The molecule has 1 heterocycles. The van der Waals surface area contributed by atoms with Gasteiger partial charge in [0, 0.05) is 12.6 Å². The fraction of sp³-hybridized carbons (Fsp3) is 0.353. The normalized spacial score (nSPS) is 12.6. The summed E-state index contributed by atoms with van der Waals surface area (Å²) in [7, 11) is 0.988. The maximum atomic E-state index is 14.4. The van der Waals surface area contributed by atoms with Crippen LogP contribution >= 0.6 is 23.2 Å². The van der Waals surface area contributed by atoms with E-state index in [2.05, 4.69) is 5.10 Å². The van der Waals surface area contributed by atoms with E-state index in [1.807, 2.05) is 0 Å². The highest BCUT2D eigenvalue weighted by Gasteiger charge is 2.39. The molecule has 29 heavy (non-hydrogen) atoms. The average Bonchev–Trinajstić information content (AvgIpc) is 2.89. The van der Waals surface area contributed by atoms with Crippen molar-refractivity contribution >= 4 is 35.1 Å². The third-order valence-electron chi connectivity index (χ3n) is 3.69. The number of ether oxygens (including phenoxy) is 2. The zero-order valence-electron chi connectivity index (χ0n) is 15.2. The smallest absolute Gasteiger partial charge is 0.434 e. The molecule has 0 saturated carbocycles. The first-order chi connectivity index (χ1) is 13.4. The maximum absolute atomic E-state index is 14.4. The Bertz CT molecular complexity index is 960. The summed E-state index contributed by atoms with van der Waals surface area (Å²) >= 11 is 11.6. The van der Waals surface area contributed by atoms with Crippen LogP contribution in [0.15, 0.2) is 12.1 Å². The van der Waals surface area contributed by atoms with Gasteiger partial charge in [-0.15, -0.1) is 0 Å². The number of carbonyl (C=O) groups excluding carboxylic acids is 2. The number of carbonyl (C=O) groups is 2. The SMILES string of the molecule is CCOC(=O)C(C)OC(=O)c1cc(-c2nn(C)c(C(F)(F)F)c2Cl)c(F)cc1Cl. The minimum Gasteiger partial charge on any atom is -0.463 e. The van der Waals surface area contributed by atoms with Crippen molar-refractivity contribution in [2.75, 3.05) is 6.61 Å². The monoisotopic (exact) mass is 456 g/mol. The number of alkyl halides is 3. The van der Waals surface area contributed by atoms with Gasteiger partial charge in [0.25, 0.3) is 0 Å². The summed E-state index contributed by atoms with van der Waals surface area (Å²) in [5, 5.41) is 2.38. The van der Waals surface area contributed by atoms with Crippen LogP contribution in [0.5, 0.6) is 0 Å². The van der Waals surface area contributed by atoms with Crippen LogP contribution < -0.4 is 0 Å². The average molecular weight is 457 g/mol. The summed E-state index contributed by atoms with van der Waals surface area (Å²) < 4.78 is 63.8. The lowest BCUT2D eigenvalue weighted by atomic mass is 10.1. The van der Waals surface area contributed by atoms with Gasteiger partial charge in [-0.25, -0.2) is 14.0 Å². The van der Waals surface area contributed by atoms with Crippen molar-refractivity contribution < 1.29 is 36.6 Å². The fourth-order valence-electron chi connectivity index (χ4n) is 2.40. The number of benzene rings is 1. The Hall–Kier alpha value is -2.33. The van der Waals surface area contributed by atoms with Gasteiger partial charge in [0.15, 0.2) is 11.8 Å². The molecule has 0 amide bonds. The minimum absolute atomic E-state index is 0.0574. The van der Waals surface area contributed by atoms with E-state index in [1.165, 1.54) is 6.92 Å². The summed E-state index contributed by atoms with van der Waals surface area (Å²) in [6.07, 6.45) is -6.13. The van der Waals surface area contributed by atoms with Gasteiger partial charge in [0.2, 0.25) is 0 Å². The molecule has 0 fully saturated rings. The van der Waals surface area contributed by atoms with Crippen LogP contribution in [0.1, 0.15) is 29.9 Å². The van der Waals surface area contributed by atoms with Crippen molar-refractivity contribution in [1.82, 2.24) is 9.78 Å². The summed E-state index contributed by atoms with van der Waals surface area (Å²) in [6.45, 7) is 2.86. The number of aromatic nitrogens is 2. The van der Waals surface area contributed by atoms with E-state index < -0.39 is 57.6 Å². The predicted molar refractivity (Wildman–Crippen MR) is 95.1 cm³/mol. The summed E-state index contributed by atoms with van der Waals surface area (Å²) in [4.78, 5) is 23.9. The first-order valence-corrected chi connectivity index (χ1v) is 8.80. The Morgan fingerprint density at radius 1 is 1.28 bits per heavy atom. The molecule has 0 N–H and O–H groups in total. The van der Waals surface area contributed by atoms with Crippen LogP contribution in [0, 0.1) is 5.82 Å². The van der Waals surface area contributed by atoms with Crippen molar-refractivity contribution in [2.24, 2.45) is 7.05 Å². The second kappa shape index (κ2) is 8.58. The number of hydrogen-bond acceptors (Lipinski definition) is 5. The van der Waals surface area contributed by atoms with Crippen LogP contribution in [-0.2, 0) is 27.5 Å². The second-order valence-electron chi connectivity index (χ2n) is 5.74. The maximum Gasteiger partial charge on any atom is 0.434 e. The number of hydrogen-bond donors (Lipinski definition) is 0. The molecule has 0 aliphatic carbocycles. The van der Waals surface area contributed by atoms with Crippen molar-refractivity contribution in [3.8, 4) is 11.3 Å². The zero-order chi connectivity index (χ0) is 22.1. The highest BCUT2D eigenvalue weighted by Crippen LogP contribution is 2.41. The summed E-state index contributed by atoms with van der Waals surface area (Å²) in [5.74, 6) is -2.99. The Morgan fingerprint density at radius 2 is 1.90 bits per heavy atom. The molecular formula is C17H14Cl2F4N2O4. The topological polar surface area (TPSA) is 70.4 Å². The lowest BCUT2D eigenvalue weighted by Gasteiger charge is -2.13. The molecule has 12 heteroatoms. The molecule has 0 saturated heterocycles. The molecule has 6 nitrogen and oxygen atoms in total. The van der Waals surface area contributed by atoms with Crippen LogP contribution in [0.4, 0.5) is 17.6 Å². The molecule has 1 aromatic carbocycles. The number of esters is 2. The van der Waals surface area contributed by atoms with Gasteiger partial charge in [-0.3, -0.25) is 4.68 Å². The third kappa shape index (κ3) is 4.81. The molecule has 1 atom stereocenters. The van der Waals surface area contributed by atoms with E-state index in [4.69, 9.17) is 32.7 Å². The van der Waals surface area contributed by atoms with E-state index in [0.717, 1.165) is 13.1 Å². The van der Waals surface area contributed by atoms with Crippen LogP contribution in [0.25, 0.3) is 11.3 Å². The predicted octanol–water partition coefficient (Wildman–Crippen LogP) is 4.66. The summed E-state index contributed by atoms with van der Waals surface area (Å²) in [5.41, 5.74) is -2.72. The molecule has 0 aliphatic heterocycles. The largest absolute Gasteiger partial charge is 0.463 e. The van der Waals surface area contributed by atoms with Gasteiger partial charge in [0.05, 0.1) is 22.2 Å². The van der Waals surface area contributed by atoms with Gasteiger partial charge >= 0.3 is 18.1 Å². The quantitative estimate of drug-likeness (QED) is 0.483. The standard InChI is InChI=1S/C17H14Cl2F4N2O4/c1-4-28-15(26)7(2)29-16(27)8-5-9(11(20)6-10(8)18)13-12(19)14(17(21,22)23)25(3)24-13/h5-7H,4H2,1-3H3. The Labute approximate surface area is 172 Å². The highest BCUT2D eigenvalue weighted by atomic mass is 35.5. The molecule has 0 radical (unpaired) electrons. The van der Waals surface area contributed by atoms with Gasteiger partial charge in [-0.2, -0.15) is 18.3 Å². The first kappa shape index (κ1) is 23.0. The molecule has 2 aromatic rings. The van der Waals surface area contributed by atoms with E-state index in [0.29, 0.717) is 10.7 Å². The van der Waals surface area contributed by atoms with E-state index in [9.17, 15) is 27.2 Å². The van der Waals surface area contributed by atoms with Crippen LogP contribution in [-0.4, -0.2) is 34.4 Å². The molecule has 0 aliphatic rings. The lowest BCUT2D eigenvalue weighted by molar-refractivity contribution is -0.152. The Balaban J connectivity index is 2.48. The number of aryl methyl sites for hydroxylation is 1. The van der Waals surface area contributed by atoms with Gasteiger partial charge < -0.3 is 9.47 Å². The van der Waals surface area contributed by atoms with Crippen LogP contribution in [0.3, 0.4) is 0 Å². The van der Waals surface area contributed by atoms with E-state index in [1.54, 1.807) is 6.92 Å². The van der Waals surface area contributed by atoms with E-state index in [-0.39, 0.29) is 11.6 Å². The van der Waals surface area contributed by atoms with Gasteiger partial charge in [-0.05, 0) is 26.0 Å². The molecule has 2 rings (SSSR count). The molecule has 1 aromatic heterocycles. The second-order valence-corrected chi connectivity index (χ2v) is 6.53. The minimum atomic E-state index is -4.84. The van der Waals surface area contributed by atoms with Crippen LogP contribution in [0.2, 0.25) is 10.0 Å². The number of halogens is 6. The molecule has 0 bridgehead atoms. The fourth-order valence-corrected chi connectivity index (χ4v) is 2.99. The number of rotatable bonds is 5. The number of nitrogens with zero attached hydrogens (tertiary/aromatic N) is 2.